The van der Waals surface area contributed by atoms with Crippen molar-refractivity contribution in [3.05, 3.63) is 65.7 Å². The number of hydrogen-bond donors (Lipinski definition) is 1. The second kappa shape index (κ2) is 11.4. The average molecular weight is 494 g/mol. The third-order valence-electron chi connectivity index (χ3n) is 6.07. The van der Waals surface area contributed by atoms with E-state index in [4.69, 9.17) is 9.47 Å². The number of amides is 1. The van der Waals surface area contributed by atoms with Gasteiger partial charge in [-0.15, -0.1) is 11.3 Å². The van der Waals surface area contributed by atoms with Gasteiger partial charge in [-0.3, -0.25) is 9.69 Å². The quantitative estimate of drug-likeness (QED) is 0.460. The first-order valence-corrected chi connectivity index (χ1v) is 12.6. The normalized spacial score (nSPS) is 14.0. The molecular weight excluding hydrogens is 462 g/mol. The Morgan fingerprint density at radius 1 is 1.03 bits per heavy atom. The predicted molar refractivity (Wildman–Crippen MR) is 141 cm³/mol. The number of nitrogens with zero attached hydrogens (tertiary/aromatic N) is 2. The van der Waals surface area contributed by atoms with Crippen molar-refractivity contribution >= 4 is 33.9 Å². The van der Waals surface area contributed by atoms with Crippen LogP contribution >= 0.6 is 11.3 Å². The van der Waals surface area contributed by atoms with Crippen LogP contribution in [0.5, 0.6) is 5.75 Å². The van der Waals surface area contributed by atoms with Crippen LogP contribution in [0.2, 0.25) is 0 Å². The molecule has 0 saturated carbocycles. The molecule has 1 fully saturated rings. The van der Waals surface area contributed by atoms with Crippen molar-refractivity contribution in [2.45, 2.75) is 13.8 Å². The number of methoxy groups -OCH3 is 1. The maximum absolute atomic E-state index is 13.0. The van der Waals surface area contributed by atoms with Crippen LogP contribution in [-0.4, -0.2) is 63.2 Å². The van der Waals surface area contributed by atoms with Gasteiger partial charge in [-0.2, -0.15) is 0 Å². The van der Waals surface area contributed by atoms with E-state index in [0.717, 1.165) is 53.6 Å². The minimum absolute atomic E-state index is 0.133. The summed E-state index contributed by atoms with van der Waals surface area (Å²) >= 11 is 1.41. The van der Waals surface area contributed by atoms with E-state index in [1.807, 2.05) is 55.5 Å². The Bertz CT molecular complexity index is 1170. The van der Waals surface area contributed by atoms with Gasteiger partial charge >= 0.3 is 5.97 Å². The van der Waals surface area contributed by atoms with Crippen LogP contribution in [-0.2, 0) is 9.53 Å². The Hall–Kier alpha value is -3.36. The third kappa shape index (κ3) is 5.83. The van der Waals surface area contributed by atoms with Gasteiger partial charge in [0.25, 0.3) is 0 Å². The maximum Gasteiger partial charge on any atom is 0.341 e. The van der Waals surface area contributed by atoms with Gasteiger partial charge in [-0.05, 0) is 37.1 Å². The van der Waals surface area contributed by atoms with Crippen LogP contribution in [0.15, 0.2) is 54.6 Å². The summed E-state index contributed by atoms with van der Waals surface area (Å²) < 4.78 is 10.6. The van der Waals surface area contributed by atoms with Crippen molar-refractivity contribution in [1.29, 1.82) is 0 Å². The van der Waals surface area contributed by atoms with Crippen molar-refractivity contribution in [1.82, 2.24) is 4.90 Å². The lowest BCUT2D eigenvalue weighted by Crippen LogP contribution is -2.48. The highest BCUT2D eigenvalue weighted by atomic mass is 32.1. The number of rotatable bonds is 8. The molecule has 3 aromatic rings. The van der Waals surface area contributed by atoms with Gasteiger partial charge in [0.05, 0.1) is 25.8 Å². The highest BCUT2D eigenvalue weighted by molar-refractivity contribution is 7.20. The standard InChI is InChI=1S/C27H31N3O4S/c1-4-34-27(32)24-19(2)25(20-9-6-5-7-10-20)35-26(24)28-23(31)18-29-13-15-30(16-14-29)21-11-8-12-22(17-21)33-3/h5-12,17H,4,13-16,18H2,1-3H3,(H,28,31). The molecule has 1 saturated heterocycles. The molecule has 1 aromatic heterocycles. The largest absolute Gasteiger partial charge is 0.497 e. The van der Waals surface area contributed by atoms with Gasteiger partial charge in [0.1, 0.15) is 10.8 Å². The number of benzene rings is 2. The minimum atomic E-state index is -0.411. The Labute approximate surface area is 210 Å². The predicted octanol–water partition coefficient (Wildman–Crippen LogP) is 4.67. The molecule has 2 heterocycles. The summed E-state index contributed by atoms with van der Waals surface area (Å²) in [4.78, 5) is 31.1. The first-order valence-electron chi connectivity index (χ1n) is 11.8. The highest BCUT2D eigenvalue weighted by Crippen LogP contribution is 2.40. The molecule has 1 N–H and O–H groups in total. The first-order chi connectivity index (χ1) is 17.0. The van der Waals surface area contributed by atoms with Gasteiger partial charge in [0, 0.05) is 42.8 Å². The number of piperazine rings is 1. The van der Waals surface area contributed by atoms with E-state index in [-0.39, 0.29) is 19.1 Å². The molecule has 1 amide bonds. The van der Waals surface area contributed by atoms with E-state index >= 15 is 0 Å². The number of carbonyl (C=O) groups excluding carboxylic acids is 2. The van der Waals surface area contributed by atoms with Crippen LogP contribution in [0.25, 0.3) is 10.4 Å². The maximum atomic E-state index is 13.0. The van der Waals surface area contributed by atoms with E-state index in [0.29, 0.717) is 10.6 Å². The van der Waals surface area contributed by atoms with Gasteiger partial charge in [-0.25, -0.2) is 4.79 Å². The molecule has 2 aromatic carbocycles. The van der Waals surface area contributed by atoms with Gasteiger partial charge in [0.15, 0.2) is 0 Å². The van der Waals surface area contributed by atoms with Gasteiger partial charge < -0.3 is 19.7 Å². The fraction of sp³-hybridized carbons (Fsp3) is 0.333. The number of nitrogens with one attached hydrogen (secondary N) is 1. The lowest BCUT2D eigenvalue weighted by Gasteiger charge is -2.35. The second-order valence-electron chi connectivity index (χ2n) is 8.36. The summed E-state index contributed by atoms with van der Waals surface area (Å²) in [7, 11) is 1.67. The Morgan fingerprint density at radius 2 is 1.77 bits per heavy atom. The Morgan fingerprint density at radius 3 is 2.46 bits per heavy atom. The summed E-state index contributed by atoms with van der Waals surface area (Å²) in [6.45, 7) is 7.42. The fourth-order valence-corrected chi connectivity index (χ4v) is 5.47. The number of hydrogen-bond acceptors (Lipinski definition) is 7. The summed E-state index contributed by atoms with van der Waals surface area (Å²) in [6, 6.07) is 17.9. The molecule has 0 spiro atoms. The van der Waals surface area contributed by atoms with Gasteiger partial charge in [0.2, 0.25) is 5.91 Å². The van der Waals surface area contributed by atoms with Crippen LogP contribution in [0.3, 0.4) is 0 Å². The monoisotopic (exact) mass is 493 g/mol. The van der Waals surface area contributed by atoms with Crippen molar-refractivity contribution < 1.29 is 19.1 Å². The molecule has 7 nitrogen and oxygen atoms in total. The zero-order valence-electron chi connectivity index (χ0n) is 20.4. The number of carbonyl (C=O) groups is 2. The van der Waals surface area contributed by atoms with E-state index < -0.39 is 5.97 Å². The summed E-state index contributed by atoms with van der Waals surface area (Å²) in [5.74, 6) is 0.291. The van der Waals surface area contributed by atoms with Crippen molar-refractivity contribution in [3.8, 4) is 16.2 Å². The molecular formula is C27H31N3O4S. The zero-order chi connectivity index (χ0) is 24.8. The number of thiophene rings is 1. The molecule has 0 bridgehead atoms. The summed E-state index contributed by atoms with van der Waals surface area (Å²) in [5.41, 5.74) is 3.39. The van der Waals surface area contributed by atoms with E-state index in [1.165, 1.54) is 11.3 Å². The van der Waals surface area contributed by atoms with Crippen molar-refractivity contribution in [3.63, 3.8) is 0 Å². The minimum Gasteiger partial charge on any atom is -0.497 e. The van der Waals surface area contributed by atoms with Crippen molar-refractivity contribution in [2.24, 2.45) is 0 Å². The van der Waals surface area contributed by atoms with Crippen LogP contribution in [0.1, 0.15) is 22.8 Å². The molecule has 184 valence electrons. The average Bonchev–Trinajstić information content (AvgIpc) is 3.20. The molecule has 0 aliphatic carbocycles. The fourth-order valence-electron chi connectivity index (χ4n) is 4.26. The highest BCUT2D eigenvalue weighted by Gasteiger charge is 2.25. The Balaban J connectivity index is 1.43. The number of esters is 1. The summed E-state index contributed by atoms with van der Waals surface area (Å²) in [6.07, 6.45) is 0. The van der Waals surface area contributed by atoms with Crippen LogP contribution in [0, 0.1) is 6.92 Å². The number of anilines is 2. The molecule has 0 atom stereocenters. The molecule has 1 aliphatic heterocycles. The van der Waals surface area contributed by atoms with Crippen LogP contribution in [0.4, 0.5) is 10.7 Å². The second-order valence-corrected chi connectivity index (χ2v) is 9.38. The lowest BCUT2D eigenvalue weighted by atomic mass is 10.1. The third-order valence-corrected chi connectivity index (χ3v) is 7.33. The topological polar surface area (TPSA) is 71.1 Å². The van der Waals surface area contributed by atoms with Crippen molar-refractivity contribution in [2.75, 3.05) is 56.7 Å². The smallest absolute Gasteiger partial charge is 0.341 e. The van der Waals surface area contributed by atoms with Gasteiger partial charge in [-0.1, -0.05) is 36.4 Å². The molecule has 35 heavy (non-hydrogen) atoms. The number of ether oxygens (including phenoxy) is 2. The molecule has 0 radical (unpaired) electrons. The zero-order valence-corrected chi connectivity index (χ0v) is 21.2. The summed E-state index contributed by atoms with van der Waals surface area (Å²) in [5, 5.41) is 3.53. The first kappa shape index (κ1) is 24.8. The molecule has 8 heteroatoms. The lowest BCUT2D eigenvalue weighted by molar-refractivity contribution is -0.117. The van der Waals surface area contributed by atoms with E-state index in [2.05, 4.69) is 21.2 Å². The molecule has 4 rings (SSSR count). The van der Waals surface area contributed by atoms with E-state index in [9.17, 15) is 9.59 Å². The SMILES string of the molecule is CCOC(=O)c1c(NC(=O)CN2CCN(c3cccc(OC)c3)CC2)sc(-c2ccccc2)c1C. The molecule has 0 unspecified atom stereocenters. The molecule has 1 aliphatic rings. The van der Waals surface area contributed by atoms with E-state index in [1.54, 1.807) is 14.0 Å². The Kier molecular flexibility index (Phi) is 8.05. The van der Waals surface area contributed by atoms with Crippen LogP contribution < -0.4 is 15.0 Å².